The van der Waals surface area contributed by atoms with Gasteiger partial charge in [-0.25, -0.2) is 0 Å². The van der Waals surface area contributed by atoms with Crippen molar-refractivity contribution >= 4 is 23.2 Å². The molecule has 112 valence electrons. The molecule has 0 aliphatic carbocycles. The number of hydrogen-bond donors (Lipinski definition) is 1. The first kappa shape index (κ1) is 15.3. The number of thiophene rings is 1. The Kier molecular flexibility index (Phi) is 4.18. The molecule has 6 heteroatoms. The Morgan fingerprint density at radius 2 is 1.90 bits per heavy atom. The Morgan fingerprint density at radius 3 is 2.43 bits per heavy atom. The molecule has 0 saturated heterocycles. The summed E-state index contributed by atoms with van der Waals surface area (Å²) >= 11 is 1.32. The van der Waals surface area contributed by atoms with Crippen LogP contribution in [-0.4, -0.2) is 38.5 Å². The molecule has 5 nitrogen and oxygen atoms in total. The predicted octanol–water partition coefficient (Wildman–Crippen LogP) is 2.86. The zero-order valence-electron chi connectivity index (χ0n) is 12.2. The molecule has 0 aliphatic heterocycles. The second kappa shape index (κ2) is 5.73. The molecular weight excluding hydrogens is 288 g/mol. The van der Waals surface area contributed by atoms with E-state index < -0.39 is 11.5 Å². The minimum atomic E-state index is -1.02. The van der Waals surface area contributed by atoms with Gasteiger partial charge in [-0.15, -0.1) is 11.3 Å². The number of carboxylic acids is 1. The number of carbonyl (C=O) groups excluding carboxylic acids is 1. The Bertz CT molecular complexity index is 638. The summed E-state index contributed by atoms with van der Waals surface area (Å²) in [5.74, 6) is -1.28. The first-order valence-corrected chi connectivity index (χ1v) is 7.43. The van der Waals surface area contributed by atoms with Gasteiger partial charge in [0.1, 0.15) is 11.4 Å². The highest BCUT2D eigenvalue weighted by molar-refractivity contribution is 7.12. The van der Waals surface area contributed by atoms with Crippen LogP contribution < -0.4 is 0 Å². The lowest BCUT2D eigenvalue weighted by molar-refractivity contribution is -0.138. The average molecular weight is 306 g/mol. The van der Waals surface area contributed by atoms with Crippen LogP contribution in [0.5, 0.6) is 0 Å². The van der Waals surface area contributed by atoms with Crippen molar-refractivity contribution < 1.29 is 14.7 Å². The fraction of sp³-hybridized carbons (Fsp3) is 0.333. The van der Waals surface area contributed by atoms with Crippen molar-refractivity contribution in [3.63, 3.8) is 0 Å². The summed E-state index contributed by atoms with van der Waals surface area (Å²) in [7, 11) is 0. The summed E-state index contributed by atoms with van der Waals surface area (Å²) in [5.41, 5.74) is 0.211. The molecule has 2 rings (SSSR count). The van der Waals surface area contributed by atoms with E-state index in [4.69, 9.17) is 5.11 Å². The molecule has 0 bridgehead atoms. The lowest BCUT2D eigenvalue weighted by atomic mass is 10.1. The molecule has 0 aromatic carbocycles. The molecule has 0 fully saturated rings. The Balaban J connectivity index is 2.39. The fourth-order valence-electron chi connectivity index (χ4n) is 2.03. The van der Waals surface area contributed by atoms with E-state index in [-0.39, 0.29) is 12.5 Å². The molecule has 0 atom stereocenters. The summed E-state index contributed by atoms with van der Waals surface area (Å²) < 4.78 is 1.85. The van der Waals surface area contributed by atoms with Crippen molar-refractivity contribution in [1.82, 2.24) is 9.47 Å². The van der Waals surface area contributed by atoms with E-state index in [9.17, 15) is 9.59 Å². The molecule has 21 heavy (non-hydrogen) atoms. The van der Waals surface area contributed by atoms with E-state index in [0.29, 0.717) is 4.88 Å². The number of rotatable bonds is 4. The van der Waals surface area contributed by atoms with Crippen LogP contribution in [0.4, 0.5) is 0 Å². The highest BCUT2D eigenvalue weighted by Gasteiger charge is 2.31. The standard InChI is InChI=1S/C15H18N2O3S/c1-15(2,3)17(10-12(18)19)14(20)13-11(6-9-21-13)16-7-4-5-8-16/h4-9H,10H2,1-3H3,(H,18,19). The summed E-state index contributed by atoms with van der Waals surface area (Å²) in [6.07, 6.45) is 3.72. The van der Waals surface area contributed by atoms with Crippen LogP contribution in [-0.2, 0) is 4.79 Å². The third-order valence-electron chi connectivity index (χ3n) is 3.07. The van der Waals surface area contributed by atoms with E-state index in [1.807, 2.05) is 61.3 Å². The largest absolute Gasteiger partial charge is 0.480 e. The maximum absolute atomic E-state index is 12.8. The van der Waals surface area contributed by atoms with E-state index in [0.717, 1.165) is 5.69 Å². The minimum Gasteiger partial charge on any atom is -0.480 e. The number of carbonyl (C=O) groups is 2. The SMILES string of the molecule is CC(C)(C)N(CC(=O)O)C(=O)c1sccc1-n1cccc1. The van der Waals surface area contributed by atoms with Gasteiger partial charge in [0.25, 0.3) is 5.91 Å². The summed E-state index contributed by atoms with van der Waals surface area (Å²) in [4.78, 5) is 25.7. The lowest BCUT2D eigenvalue weighted by Crippen LogP contribution is -2.48. The van der Waals surface area contributed by atoms with Crippen LogP contribution in [0.25, 0.3) is 5.69 Å². The quantitative estimate of drug-likeness (QED) is 0.944. The minimum absolute atomic E-state index is 0.261. The Morgan fingerprint density at radius 1 is 1.29 bits per heavy atom. The van der Waals surface area contributed by atoms with Gasteiger partial charge < -0.3 is 14.6 Å². The average Bonchev–Trinajstić information content (AvgIpc) is 3.02. The van der Waals surface area contributed by atoms with Crippen molar-refractivity contribution in [1.29, 1.82) is 0 Å². The van der Waals surface area contributed by atoms with Crippen LogP contribution in [0.15, 0.2) is 36.0 Å². The highest BCUT2D eigenvalue weighted by Crippen LogP contribution is 2.26. The lowest BCUT2D eigenvalue weighted by Gasteiger charge is -2.34. The number of amides is 1. The van der Waals surface area contributed by atoms with E-state index in [2.05, 4.69) is 0 Å². The van der Waals surface area contributed by atoms with Crippen molar-refractivity contribution in [2.24, 2.45) is 0 Å². The van der Waals surface area contributed by atoms with Gasteiger partial charge >= 0.3 is 5.97 Å². The van der Waals surface area contributed by atoms with Gasteiger partial charge in [-0.3, -0.25) is 9.59 Å². The highest BCUT2D eigenvalue weighted by atomic mass is 32.1. The maximum atomic E-state index is 12.8. The van der Waals surface area contributed by atoms with Crippen molar-refractivity contribution in [2.75, 3.05) is 6.54 Å². The normalized spacial score (nSPS) is 11.4. The molecule has 0 saturated carbocycles. The van der Waals surface area contributed by atoms with Gasteiger partial charge in [0.15, 0.2) is 0 Å². The van der Waals surface area contributed by atoms with Crippen LogP contribution in [0.2, 0.25) is 0 Å². The first-order chi connectivity index (χ1) is 9.80. The molecule has 1 amide bonds. The number of aliphatic carboxylic acids is 1. The second-order valence-corrected chi connectivity index (χ2v) is 6.60. The zero-order chi connectivity index (χ0) is 15.6. The van der Waals surface area contributed by atoms with Crippen molar-refractivity contribution in [3.05, 3.63) is 40.8 Å². The van der Waals surface area contributed by atoms with Crippen LogP contribution in [0, 0.1) is 0 Å². The van der Waals surface area contributed by atoms with Crippen LogP contribution in [0.3, 0.4) is 0 Å². The molecule has 2 heterocycles. The van der Waals surface area contributed by atoms with Gasteiger partial charge in [0.2, 0.25) is 0 Å². The zero-order valence-corrected chi connectivity index (χ0v) is 13.1. The van der Waals surface area contributed by atoms with E-state index in [1.165, 1.54) is 16.2 Å². The third kappa shape index (κ3) is 3.33. The monoisotopic (exact) mass is 306 g/mol. The molecule has 0 unspecified atom stereocenters. The van der Waals surface area contributed by atoms with Crippen molar-refractivity contribution in [2.45, 2.75) is 26.3 Å². The number of hydrogen-bond acceptors (Lipinski definition) is 3. The van der Waals surface area contributed by atoms with Crippen LogP contribution in [0.1, 0.15) is 30.4 Å². The van der Waals surface area contributed by atoms with Gasteiger partial charge in [0.05, 0.1) is 5.69 Å². The van der Waals surface area contributed by atoms with Crippen molar-refractivity contribution in [3.8, 4) is 5.69 Å². The molecule has 0 aliphatic rings. The van der Waals surface area contributed by atoms with Gasteiger partial charge in [-0.05, 0) is 44.4 Å². The fourth-order valence-corrected chi connectivity index (χ4v) is 2.87. The topological polar surface area (TPSA) is 62.5 Å². The Labute approximate surface area is 127 Å². The molecule has 2 aromatic heterocycles. The van der Waals surface area contributed by atoms with Gasteiger partial charge in [0, 0.05) is 17.9 Å². The number of aromatic nitrogens is 1. The molecule has 0 radical (unpaired) electrons. The Hall–Kier alpha value is -2.08. The van der Waals surface area contributed by atoms with E-state index >= 15 is 0 Å². The molecule has 0 spiro atoms. The molecular formula is C15H18N2O3S. The predicted molar refractivity (Wildman–Crippen MR) is 82.1 cm³/mol. The molecule has 2 aromatic rings. The second-order valence-electron chi connectivity index (χ2n) is 5.68. The smallest absolute Gasteiger partial charge is 0.323 e. The van der Waals surface area contributed by atoms with Gasteiger partial charge in [-0.1, -0.05) is 0 Å². The third-order valence-corrected chi connectivity index (χ3v) is 3.96. The summed E-state index contributed by atoms with van der Waals surface area (Å²) in [5, 5.41) is 10.9. The summed E-state index contributed by atoms with van der Waals surface area (Å²) in [6.45, 7) is 5.18. The first-order valence-electron chi connectivity index (χ1n) is 6.55. The maximum Gasteiger partial charge on any atom is 0.323 e. The molecule has 1 N–H and O–H groups in total. The van der Waals surface area contributed by atoms with Crippen LogP contribution >= 0.6 is 11.3 Å². The number of nitrogens with zero attached hydrogens (tertiary/aromatic N) is 2. The summed E-state index contributed by atoms with van der Waals surface area (Å²) in [6, 6.07) is 5.62. The number of carboxylic acid groups (broad SMARTS) is 1. The van der Waals surface area contributed by atoms with Gasteiger partial charge in [-0.2, -0.15) is 0 Å². The van der Waals surface area contributed by atoms with E-state index in [1.54, 1.807) is 0 Å².